The first kappa shape index (κ1) is 22.6. The first-order valence-corrected chi connectivity index (χ1v) is 11.0. The number of hydrogen-bond donors (Lipinski definition) is 2. The molecule has 172 valence electrons. The van der Waals surface area contributed by atoms with Crippen LogP contribution < -0.4 is 10.1 Å². The van der Waals surface area contributed by atoms with E-state index in [1.54, 1.807) is 18.2 Å². The number of ether oxygens (including phenoxy) is 2. The maximum atomic E-state index is 13.3. The maximum Gasteiger partial charge on any atom is 0.337 e. The van der Waals surface area contributed by atoms with Gasteiger partial charge in [0.2, 0.25) is 0 Å². The van der Waals surface area contributed by atoms with E-state index in [-0.39, 0.29) is 23.6 Å². The summed E-state index contributed by atoms with van der Waals surface area (Å²) in [6.07, 6.45) is 1.08. The minimum atomic E-state index is -0.634. The summed E-state index contributed by atoms with van der Waals surface area (Å²) in [5.74, 6) is -0.853. The largest absolute Gasteiger partial charge is 0.504 e. The second-order valence-electron chi connectivity index (χ2n) is 9.42. The highest BCUT2D eigenvalue weighted by Crippen LogP contribution is 2.47. The topological polar surface area (TPSA) is 84.9 Å². The summed E-state index contributed by atoms with van der Waals surface area (Å²) >= 11 is 0. The fraction of sp³-hybridized carbons (Fsp3) is 0.333. The van der Waals surface area contributed by atoms with Crippen LogP contribution >= 0.6 is 0 Å². The minimum Gasteiger partial charge on any atom is -0.504 e. The van der Waals surface area contributed by atoms with Crippen molar-refractivity contribution in [3.8, 4) is 11.5 Å². The number of aromatic hydroxyl groups is 1. The molecule has 4 rings (SSSR count). The SMILES string of the molecule is COc1ccc([C@H]2C(C(=O)OCc3ccccc3)=C(C)NC3=C2C(=O)CC(C)(C)C3)cc1O. The number of carbonyl (C=O) groups excluding carboxylic acids is 2. The number of benzene rings is 2. The quantitative estimate of drug-likeness (QED) is 0.644. The number of allylic oxidation sites excluding steroid dienone is 3. The van der Waals surface area contributed by atoms with Gasteiger partial charge in [-0.25, -0.2) is 4.79 Å². The Balaban J connectivity index is 1.76. The second kappa shape index (κ2) is 8.77. The van der Waals surface area contributed by atoms with E-state index < -0.39 is 11.9 Å². The molecular weight excluding hydrogens is 418 g/mol. The molecule has 2 aromatic rings. The molecule has 0 saturated heterocycles. The van der Waals surface area contributed by atoms with E-state index in [0.717, 1.165) is 11.3 Å². The van der Waals surface area contributed by atoms with Crippen LogP contribution in [0.25, 0.3) is 0 Å². The minimum absolute atomic E-state index is 0.00471. The lowest BCUT2D eigenvalue weighted by atomic mass is 9.68. The van der Waals surface area contributed by atoms with Gasteiger partial charge in [-0.05, 0) is 42.0 Å². The summed E-state index contributed by atoms with van der Waals surface area (Å²) < 4.78 is 10.8. The molecule has 33 heavy (non-hydrogen) atoms. The monoisotopic (exact) mass is 447 g/mol. The van der Waals surface area contributed by atoms with E-state index in [4.69, 9.17) is 9.47 Å². The van der Waals surface area contributed by atoms with Crippen molar-refractivity contribution >= 4 is 11.8 Å². The molecule has 0 saturated carbocycles. The summed E-state index contributed by atoms with van der Waals surface area (Å²) in [5, 5.41) is 13.8. The van der Waals surface area contributed by atoms with Gasteiger partial charge >= 0.3 is 5.97 Å². The molecule has 0 unspecified atom stereocenters. The Hall–Kier alpha value is -3.54. The van der Waals surface area contributed by atoms with Crippen LogP contribution in [0.4, 0.5) is 0 Å². The smallest absolute Gasteiger partial charge is 0.337 e. The number of dihydropyridines is 1. The number of phenols is 1. The lowest BCUT2D eigenvalue weighted by molar-refractivity contribution is -0.140. The molecule has 0 fully saturated rings. The van der Waals surface area contributed by atoms with Crippen molar-refractivity contribution in [2.24, 2.45) is 5.41 Å². The van der Waals surface area contributed by atoms with Gasteiger partial charge < -0.3 is 19.9 Å². The number of nitrogens with one attached hydrogen (secondary N) is 1. The predicted octanol–water partition coefficient (Wildman–Crippen LogP) is 4.75. The first-order chi connectivity index (χ1) is 15.7. The Labute approximate surface area is 193 Å². The summed E-state index contributed by atoms with van der Waals surface area (Å²) in [6.45, 7) is 6.08. The van der Waals surface area contributed by atoms with Crippen molar-refractivity contribution in [2.75, 3.05) is 7.11 Å². The van der Waals surface area contributed by atoms with E-state index in [2.05, 4.69) is 19.2 Å². The average molecular weight is 448 g/mol. The number of Topliss-reactive ketones (excluding diaryl/α,β-unsaturated/α-hetero) is 1. The number of hydrogen-bond acceptors (Lipinski definition) is 6. The molecule has 2 N–H and O–H groups in total. The van der Waals surface area contributed by atoms with Crippen LogP contribution in [0.3, 0.4) is 0 Å². The van der Waals surface area contributed by atoms with Gasteiger partial charge in [-0.1, -0.05) is 50.2 Å². The highest BCUT2D eigenvalue weighted by molar-refractivity contribution is 6.04. The number of methoxy groups -OCH3 is 1. The molecule has 1 aliphatic carbocycles. The Morgan fingerprint density at radius 1 is 1.15 bits per heavy atom. The van der Waals surface area contributed by atoms with Crippen molar-refractivity contribution in [1.82, 2.24) is 5.32 Å². The van der Waals surface area contributed by atoms with Crippen molar-refractivity contribution in [1.29, 1.82) is 0 Å². The van der Waals surface area contributed by atoms with E-state index in [0.29, 0.717) is 41.0 Å². The van der Waals surface area contributed by atoms with Crippen LogP contribution in [-0.4, -0.2) is 24.0 Å². The Morgan fingerprint density at radius 3 is 2.55 bits per heavy atom. The molecular formula is C27H29NO5. The van der Waals surface area contributed by atoms with Gasteiger partial charge in [-0.15, -0.1) is 0 Å². The summed E-state index contributed by atoms with van der Waals surface area (Å²) in [7, 11) is 1.48. The molecule has 6 heteroatoms. The third kappa shape index (κ3) is 4.51. The van der Waals surface area contributed by atoms with Crippen molar-refractivity contribution < 1.29 is 24.2 Å². The molecule has 2 aliphatic rings. The van der Waals surface area contributed by atoms with Crippen molar-refractivity contribution in [3.63, 3.8) is 0 Å². The number of esters is 1. The zero-order valence-corrected chi connectivity index (χ0v) is 19.4. The van der Waals surface area contributed by atoms with Gasteiger partial charge in [0.1, 0.15) is 6.61 Å². The van der Waals surface area contributed by atoms with Crippen LogP contribution in [0.1, 0.15) is 50.7 Å². The van der Waals surface area contributed by atoms with Crippen LogP contribution in [0.15, 0.2) is 71.1 Å². The third-order valence-corrected chi connectivity index (χ3v) is 6.21. The third-order valence-electron chi connectivity index (χ3n) is 6.21. The van der Waals surface area contributed by atoms with Gasteiger partial charge in [0, 0.05) is 29.3 Å². The zero-order chi connectivity index (χ0) is 23.8. The zero-order valence-electron chi connectivity index (χ0n) is 19.4. The molecule has 1 atom stereocenters. The van der Waals surface area contributed by atoms with Crippen LogP contribution in [0.5, 0.6) is 11.5 Å². The molecule has 1 heterocycles. The lowest BCUT2D eigenvalue weighted by Gasteiger charge is -2.39. The molecule has 0 spiro atoms. The van der Waals surface area contributed by atoms with Gasteiger partial charge in [0.05, 0.1) is 12.7 Å². The Kier molecular flexibility index (Phi) is 6.02. The fourth-order valence-electron chi connectivity index (χ4n) is 4.73. The van der Waals surface area contributed by atoms with Gasteiger partial charge in [0.15, 0.2) is 17.3 Å². The van der Waals surface area contributed by atoms with Crippen LogP contribution in [-0.2, 0) is 20.9 Å². The first-order valence-electron chi connectivity index (χ1n) is 11.0. The van der Waals surface area contributed by atoms with Gasteiger partial charge in [-0.3, -0.25) is 4.79 Å². The summed E-state index contributed by atoms with van der Waals surface area (Å²) in [5.41, 5.74) is 3.76. The standard InChI is InChI=1S/C27H29NO5/c1-16-23(26(31)33-15-17-8-6-5-7-9-17)24(18-10-11-22(32-4)20(29)12-18)25-19(28-16)13-27(2,3)14-21(25)30/h5-12,24,28-29H,13-15H2,1-4H3/t24-/m0/s1. The van der Waals surface area contributed by atoms with Crippen molar-refractivity contribution in [2.45, 2.75) is 46.1 Å². The molecule has 0 bridgehead atoms. The van der Waals surface area contributed by atoms with E-state index in [1.807, 2.05) is 37.3 Å². The highest BCUT2D eigenvalue weighted by atomic mass is 16.5. The molecule has 1 aliphatic heterocycles. The molecule has 6 nitrogen and oxygen atoms in total. The summed E-state index contributed by atoms with van der Waals surface area (Å²) in [6, 6.07) is 14.4. The lowest BCUT2D eigenvalue weighted by Crippen LogP contribution is -2.38. The Morgan fingerprint density at radius 2 is 1.88 bits per heavy atom. The molecule has 0 radical (unpaired) electrons. The maximum absolute atomic E-state index is 13.3. The van der Waals surface area contributed by atoms with Crippen LogP contribution in [0, 0.1) is 5.41 Å². The van der Waals surface area contributed by atoms with E-state index in [1.165, 1.54) is 7.11 Å². The van der Waals surface area contributed by atoms with Gasteiger partial charge in [0.25, 0.3) is 0 Å². The highest BCUT2D eigenvalue weighted by Gasteiger charge is 2.43. The number of rotatable bonds is 5. The van der Waals surface area contributed by atoms with E-state index >= 15 is 0 Å². The summed E-state index contributed by atoms with van der Waals surface area (Å²) in [4.78, 5) is 26.7. The normalized spacial score (nSPS) is 19.6. The molecule has 0 amide bonds. The number of phenolic OH excluding ortho intramolecular Hbond substituents is 1. The predicted molar refractivity (Wildman–Crippen MR) is 125 cm³/mol. The molecule has 0 aromatic heterocycles. The number of carbonyl (C=O) groups is 2. The molecule has 2 aromatic carbocycles. The Bertz CT molecular complexity index is 1160. The van der Waals surface area contributed by atoms with E-state index in [9.17, 15) is 14.7 Å². The second-order valence-corrected chi connectivity index (χ2v) is 9.42. The average Bonchev–Trinajstić information content (AvgIpc) is 2.76. The van der Waals surface area contributed by atoms with Crippen LogP contribution in [0.2, 0.25) is 0 Å². The number of ketones is 1. The van der Waals surface area contributed by atoms with Gasteiger partial charge in [-0.2, -0.15) is 0 Å². The fourth-order valence-corrected chi connectivity index (χ4v) is 4.73. The van der Waals surface area contributed by atoms with Crippen molar-refractivity contribution in [3.05, 3.63) is 82.2 Å².